The highest BCUT2D eigenvalue weighted by atomic mass is 32.2. The number of unbranched alkanes of at least 4 members (excludes halogenated alkanes) is 1. The van der Waals surface area contributed by atoms with Gasteiger partial charge in [-0.2, -0.15) is 4.31 Å². The van der Waals surface area contributed by atoms with E-state index in [4.69, 9.17) is 0 Å². The van der Waals surface area contributed by atoms with Gasteiger partial charge in [0.1, 0.15) is 0 Å². The summed E-state index contributed by atoms with van der Waals surface area (Å²) in [5.74, 6) is 0.129. The molecule has 188 valence electrons. The topological polar surface area (TPSA) is 120 Å². The molecule has 1 amide bonds. The summed E-state index contributed by atoms with van der Waals surface area (Å²) in [4.78, 5) is 20.9. The van der Waals surface area contributed by atoms with Gasteiger partial charge in [-0.15, -0.1) is 11.3 Å². The van der Waals surface area contributed by atoms with Gasteiger partial charge in [-0.3, -0.25) is 14.4 Å². The van der Waals surface area contributed by atoms with Crippen LogP contribution in [-0.4, -0.2) is 81.5 Å². The monoisotopic (exact) mass is 529 g/mol. The lowest BCUT2D eigenvalue weighted by Gasteiger charge is -2.36. The third-order valence-corrected chi connectivity index (χ3v) is 10.3. The van der Waals surface area contributed by atoms with Crippen LogP contribution in [0.4, 0.5) is 10.8 Å². The minimum Gasteiger partial charge on any atom is -0.311 e. The molecule has 2 aromatic rings. The molecule has 1 aromatic heterocycles. The van der Waals surface area contributed by atoms with Gasteiger partial charge in [0.05, 0.1) is 16.7 Å². The number of carbonyl (C=O) groups is 1. The summed E-state index contributed by atoms with van der Waals surface area (Å²) in [6.07, 6.45) is 3.65. The number of benzene rings is 1. The molecule has 2 fully saturated rings. The van der Waals surface area contributed by atoms with Crippen molar-refractivity contribution in [3.63, 3.8) is 0 Å². The summed E-state index contributed by atoms with van der Waals surface area (Å²) in [5, 5.41) is 1.97. The zero-order chi connectivity index (χ0) is 24.3. The largest absolute Gasteiger partial charge is 0.311 e. The molecule has 2 saturated heterocycles. The maximum absolute atomic E-state index is 13.1. The van der Waals surface area contributed by atoms with Crippen LogP contribution in [0.25, 0.3) is 0 Å². The summed E-state index contributed by atoms with van der Waals surface area (Å²) in [6, 6.07) is 5.93. The van der Waals surface area contributed by atoms with E-state index in [9.17, 15) is 21.6 Å². The number of nitrogens with one attached hydrogen (secondary N) is 1. The highest BCUT2D eigenvalue weighted by molar-refractivity contribution is 7.93. The second-order valence-corrected chi connectivity index (χ2v) is 13.0. The zero-order valence-corrected chi connectivity index (χ0v) is 21.4. The van der Waals surface area contributed by atoms with Crippen molar-refractivity contribution in [2.24, 2.45) is 0 Å². The fourth-order valence-corrected chi connectivity index (χ4v) is 7.68. The lowest BCUT2D eigenvalue weighted by Crippen LogP contribution is -2.54. The minimum atomic E-state index is -3.76. The maximum Gasteiger partial charge on any atom is 0.263 e. The van der Waals surface area contributed by atoms with Crippen molar-refractivity contribution < 1.29 is 23.1 Å². The van der Waals surface area contributed by atoms with E-state index in [1.165, 1.54) is 34.0 Å². The molecule has 4 rings (SSSR count). The SMILES string of the molecule is CCCCS(=O)(=O)N1CCN([C@H]2CCN(c3ccc(S(=O)(=O)Nc4nccs4)cc3)C2=O)CC1.[HH]. The van der Waals surface area contributed by atoms with E-state index < -0.39 is 20.0 Å². The molecule has 1 atom stereocenters. The molecular formula is C21H31N5O5S3. The van der Waals surface area contributed by atoms with E-state index in [0.29, 0.717) is 56.4 Å². The average molecular weight is 530 g/mol. The third-order valence-electron chi connectivity index (χ3n) is 6.15. The molecule has 0 spiro atoms. The first-order valence-corrected chi connectivity index (χ1v) is 15.2. The van der Waals surface area contributed by atoms with Crippen LogP contribution < -0.4 is 9.62 Å². The van der Waals surface area contributed by atoms with Gasteiger partial charge in [0, 0.05) is 51.4 Å². The van der Waals surface area contributed by atoms with Gasteiger partial charge in [0.2, 0.25) is 15.9 Å². The number of sulfonamides is 2. The normalized spacial score (nSPS) is 20.7. The zero-order valence-electron chi connectivity index (χ0n) is 19.0. The molecule has 10 nitrogen and oxygen atoms in total. The van der Waals surface area contributed by atoms with Crippen LogP contribution in [0.3, 0.4) is 0 Å². The molecule has 0 radical (unpaired) electrons. The van der Waals surface area contributed by atoms with Crippen LogP contribution in [-0.2, 0) is 24.8 Å². The summed E-state index contributed by atoms with van der Waals surface area (Å²) < 4.78 is 53.9. The van der Waals surface area contributed by atoms with Gasteiger partial charge in [0.15, 0.2) is 5.13 Å². The number of piperazine rings is 1. The Kier molecular flexibility index (Phi) is 7.57. The van der Waals surface area contributed by atoms with Crippen LogP contribution >= 0.6 is 11.3 Å². The fourth-order valence-electron chi connectivity index (χ4n) is 4.26. The Balaban J connectivity index is 0.00000342. The van der Waals surface area contributed by atoms with E-state index >= 15 is 0 Å². The maximum atomic E-state index is 13.1. The lowest BCUT2D eigenvalue weighted by molar-refractivity contribution is -0.122. The Labute approximate surface area is 206 Å². The van der Waals surface area contributed by atoms with Gasteiger partial charge in [0.25, 0.3) is 10.0 Å². The van der Waals surface area contributed by atoms with Crippen LogP contribution in [0.5, 0.6) is 0 Å². The standard InChI is InChI=1S/C21H29N5O5S3.H2/c1-2-3-16-33(28,29)25-13-11-24(12-14-25)19-8-10-26(20(19)27)17-4-6-18(7-5-17)34(30,31)23-21-22-9-15-32-21;/h4-7,9,15,19H,2-3,8,10-14,16H2,1H3,(H,22,23);1H/t19-;/m0./s1. The fraction of sp³-hybridized carbons (Fsp3) is 0.524. The van der Waals surface area contributed by atoms with Gasteiger partial charge in [-0.05, 0) is 37.1 Å². The van der Waals surface area contributed by atoms with Crippen molar-refractivity contribution in [1.82, 2.24) is 14.2 Å². The molecule has 3 heterocycles. The van der Waals surface area contributed by atoms with Crippen molar-refractivity contribution in [3.05, 3.63) is 35.8 Å². The Morgan fingerprint density at radius 3 is 2.41 bits per heavy atom. The molecule has 1 N–H and O–H groups in total. The van der Waals surface area contributed by atoms with Gasteiger partial charge < -0.3 is 4.90 Å². The van der Waals surface area contributed by atoms with Crippen molar-refractivity contribution in [2.75, 3.05) is 48.1 Å². The number of rotatable bonds is 9. The lowest BCUT2D eigenvalue weighted by atomic mass is 10.2. The molecule has 2 aliphatic heterocycles. The van der Waals surface area contributed by atoms with E-state index in [0.717, 1.165) is 6.42 Å². The summed E-state index contributed by atoms with van der Waals surface area (Å²) in [6.45, 7) is 4.34. The number of anilines is 2. The number of aromatic nitrogens is 1. The second kappa shape index (κ2) is 10.3. The van der Waals surface area contributed by atoms with E-state index in [-0.39, 0.29) is 24.0 Å². The van der Waals surface area contributed by atoms with Gasteiger partial charge in [-0.25, -0.2) is 21.8 Å². The minimum absolute atomic E-state index is 0. The quantitative estimate of drug-likeness (QED) is 0.528. The van der Waals surface area contributed by atoms with E-state index in [1.807, 2.05) is 6.92 Å². The molecule has 0 saturated carbocycles. The van der Waals surface area contributed by atoms with Crippen molar-refractivity contribution in [2.45, 2.75) is 37.1 Å². The number of hydrogen-bond acceptors (Lipinski definition) is 8. The van der Waals surface area contributed by atoms with Crippen LogP contribution in [0, 0.1) is 0 Å². The Morgan fingerprint density at radius 2 is 1.79 bits per heavy atom. The highest BCUT2D eigenvalue weighted by Gasteiger charge is 2.39. The number of hydrogen-bond donors (Lipinski definition) is 1. The number of amides is 1. The first-order chi connectivity index (χ1) is 16.2. The van der Waals surface area contributed by atoms with Crippen molar-refractivity contribution in [3.8, 4) is 0 Å². The first-order valence-electron chi connectivity index (χ1n) is 11.3. The van der Waals surface area contributed by atoms with Crippen LogP contribution in [0.2, 0.25) is 0 Å². The molecule has 0 aliphatic carbocycles. The summed E-state index contributed by atoms with van der Waals surface area (Å²) >= 11 is 1.19. The predicted octanol–water partition coefficient (Wildman–Crippen LogP) is 2.04. The van der Waals surface area contributed by atoms with E-state index in [2.05, 4.69) is 14.6 Å². The number of carbonyl (C=O) groups excluding carboxylic acids is 1. The average Bonchev–Trinajstić information content (AvgIpc) is 3.47. The predicted molar refractivity (Wildman–Crippen MR) is 134 cm³/mol. The molecule has 1 aromatic carbocycles. The molecule has 2 aliphatic rings. The van der Waals surface area contributed by atoms with Gasteiger partial charge >= 0.3 is 0 Å². The smallest absolute Gasteiger partial charge is 0.263 e. The first kappa shape index (κ1) is 25.0. The number of nitrogens with zero attached hydrogens (tertiary/aromatic N) is 4. The molecule has 0 unspecified atom stereocenters. The molecule has 34 heavy (non-hydrogen) atoms. The third kappa shape index (κ3) is 5.43. The second-order valence-electron chi connectivity index (χ2n) is 8.34. The van der Waals surface area contributed by atoms with Gasteiger partial charge in [-0.1, -0.05) is 13.3 Å². The van der Waals surface area contributed by atoms with Crippen LogP contribution in [0.15, 0.2) is 40.7 Å². The van der Waals surface area contributed by atoms with E-state index in [1.54, 1.807) is 22.4 Å². The van der Waals surface area contributed by atoms with Crippen molar-refractivity contribution in [1.29, 1.82) is 0 Å². The number of thiazole rings is 1. The summed E-state index contributed by atoms with van der Waals surface area (Å²) in [5.41, 5.74) is 0.640. The Bertz CT molecular complexity index is 1200. The molecule has 0 bridgehead atoms. The summed E-state index contributed by atoms with van der Waals surface area (Å²) in [7, 11) is -6.99. The van der Waals surface area contributed by atoms with Crippen molar-refractivity contribution >= 4 is 48.1 Å². The van der Waals surface area contributed by atoms with Crippen LogP contribution in [0.1, 0.15) is 27.6 Å². The molecule has 13 heteroatoms. The molecular weight excluding hydrogens is 498 g/mol. The highest BCUT2D eigenvalue weighted by Crippen LogP contribution is 2.27. The Morgan fingerprint density at radius 1 is 1.09 bits per heavy atom. The Hall–Kier alpha value is -2.06.